The predicted octanol–water partition coefficient (Wildman–Crippen LogP) is 2.62. The molecule has 0 radical (unpaired) electrons. The van der Waals surface area contributed by atoms with Crippen molar-refractivity contribution in [2.24, 2.45) is 45.8 Å². The molecule has 0 amide bonds. The number of carbonyl (C=O) groups is 3. The van der Waals surface area contributed by atoms with Crippen LogP contribution in [0.25, 0.3) is 0 Å². The number of hydrogen-bond acceptors (Lipinski definition) is 8. The third-order valence-corrected chi connectivity index (χ3v) is 12.7. The maximum atomic E-state index is 14.5. The van der Waals surface area contributed by atoms with E-state index >= 15 is 0 Å². The minimum Gasteiger partial charge on any atom is -0.465 e. The van der Waals surface area contributed by atoms with Crippen LogP contribution in [0.4, 0.5) is 0 Å². The van der Waals surface area contributed by atoms with Crippen molar-refractivity contribution in [1.82, 2.24) is 4.90 Å². The highest BCUT2D eigenvalue weighted by Crippen LogP contribution is 2.74. The van der Waals surface area contributed by atoms with Gasteiger partial charge in [-0.3, -0.25) is 14.4 Å². The molecule has 3 aliphatic carbocycles. The summed E-state index contributed by atoms with van der Waals surface area (Å²) >= 11 is 0. The van der Waals surface area contributed by atoms with E-state index in [1.807, 2.05) is 13.8 Å². The molecule has 0 aromatic carbocycles. The molecule has 8 aliphatic rings. The molecule has 0 aromatic heterocycles. The van der Waals surface area contributed by atoms with E-state index in [9.17, 15) is 19.5 Å². The first-order valence-corrected chi connectivity index (χ1v) is 14.6. The summed E-state index contributed by atoms with van der Waals surface area (Å²) in [6, 6.07) is 0. The number of fused-ring (bicyclic) bond motifs is 6. The number of piperidine rings is 1. The van der Waals surface area contributed by atoms with Gasteiger partial charge < -0.3 is 24.2 Å². The lowest BCUT2D eigenvalue weighted by Crippen LogP contribution is -2.75. The first-order valence-electron chi connectivity index (χ1n) is 14.6. The van der Waals surface area contributed by atoms with Crippen molar-refractivity contribution in [3.8, 4) is 0 Å². The molecule has 1 N–H and O–H groups in total. The minimum atomic E-state index is -0.813. The zero-order valence-corrected chi connectivity index (χ0v) is 22.8. The summed E-state index contributed by atoms with van der Waals surface area (Å²) in [6.07, 6.45) is 4.91. The number of aliphatic hydroxyl groups excluding tert-OH is 1. The molecular formula is C30H39NO7. The van der Waals surface area contributed by atoms with Gasteiger partial charge in [-0.25, -0.2) is 0 Å². The van der Waals surface area contributed by atoms with Gasteiger partial charge in [0.2, 0.25) is 0 Å². The second kappa shape index (κ2) is 6.92. The van der Waals surface area contributed by atoms with Crippen LogP contribution >= 0.6 is 0 Å². The molecule has 4 bridgehead atoms. The molecule has 5 aliphatic heterocycles. The second-order valence-electron chi connectivity index (χ2n) is 14.8. The fraction of sp³-hybridized carbons (Fsp3) is 0.833. The van der Waals surface area contributed by atoms with Gasteiger partial charge in [0, 0.05) is 59.1 Å². The molecule has 38 heavy (non-hydrogen) atoms. The summed E-state index contributed by atoms with van der Waals surface area (Å²) in [7, 11) is 0. The number of aliphatic hydroxyl groups is 1. The maximum Gasteiger partial charge on any atom is 0.306 e. The Bertz CT molecular complexity index is 1210. The van der Waals surface area contributed by atoms with Crippen molar-refractivity contribution in [2.45, 2.75) is 89.8 Å². The van der Waals surface area contributed by atoms with Gasteiger partial charge in [-0.15, -0.1) is 0 Å². The van der Waals surface area contributed by atoms with E-state index in [1.165, 1.54) is 0 Å². The number of carbonyl (C=O) groups excluding carboxylic acids is 3. The Morgan fingerprint density at radius 3 is 2.58 bits per heavy atom. The number of nitrogens with zero attached hydrogens (tertiary/aromatic N) is 1. The van der Waals surface area contributed by atoms with Gasteiger partial charge >= 0.3 is 5.97 Å². The third kappa shape index (κ3) is 2.49. The lowest BCUT2D eigenvalue weighted by Gasteiger charge is -2.70. The van der Waals surface area contributed by atoms with Gasteiger partial charge in [-0.1, -0.05) is 26.8 Å². The Hall–Kier alpha value is -1.77. The molecule has 3 spiro atoms. The summed E-state index contributed by atoms with van der Waals surface area (Å²) in [5.74, 6) is -0.950. The SMILES string of the molecule is C[C@H]1C[C@@H]2CN3C4=C[C@@]56CO[C@]7(C)CC(=O)[C@@H]([C@H]5C7)[C@@H](C)C(=O)[C@@H]6[C@@]5(COC(=O)C5)[C@]4(C)C[C@H](O)[C@@]3(C1)O2. The molecular weight excluding hydrogens is 486 g/mol. The van der Waals surface area contributed by atoms with Crippen LogP contribution in [-0.2, 0) is 28.6 Å². The van der Waals surface area contributed by atoms with E-state index in [0.717, 1.165) is 25.0 Å². The number of cyclic esters (lactones) is 1. The quantitative estimate of drug-likeness (QED) is 0.482. The van der Waals surface area contributed by atoms with Gasteiger partial charge in [-0.2, -0.15) is 0 Å². The van der Waals surface area contributed by atoms with Crippen LogP contribution < -0.4 is 0 Å². The van der Waals surface area contributed by atoms with Crippen LogP contribution in [0, 0.1) is 45.8 Å². The van der Waals surface area contributed by atoms with Crippen LogP contribution in [-0.4, -0.2) is 70.8 Å². The number of rotatable bonds is 0. The largest absolute Gasteiger partial charge is 0.465 e. The van der Waals surface area contributed by atoms with E-state index in [2.05, 4.69) is 24.8 Å². The van der Waals surface area contributed by atoms with E-state index in [0.29, 0.717) is 31.9 Å². The van der Waals surface area contributed by atoms with E-state index in [1.54, 1.807) is 0 Å². The number of ether oxygens (including phenoxy) is 3. The normalized spacial score (nSPS) is 58.2. The zero-order valence-electron chi connectivity index (χ0n) is 22.8. The molecule has 7 fully saturated rings. The molecule has 2 saturated carbocycles. The average molecular weight is 526 g/mol. The van der Waals surface area contributed by atoms with Gasteiger partial charge in [0.15, 0.2) is 5.72 Å². The molecule has 5 saturated heterocycles. The number of ketones is 2. The summed E-state index contributed by atoms with van der Waals surface area (Å²) < 4.78 is 18.9. The van der Waals surface area contributed by atoms with Crippen molar-refractivity contribution >= 4 is 17.5 Å². The van der Waals surface area contributed by atoms with Crippen molar-refractivity contribution in [1.29, 1.82) is 0 Å². The van der Waals surface area contributed by atoms with Crippen molar-refractivity contribution in [3.05, 3.63) is 11.8 Å². The Morgan fingerprint density at radius 2 is 1.84 bits per heavy atom. The van der Waals surface area contributed by atoms with Gasteiger partial charge in [0.25, 0.3) is 0 Å². The monoisotopic (exact) mass is 525 g/mol. The molecule has 8 nitrogen and oxygen atoms in total. The molecule has 12 atom stereocenters. The van der Waals surface area contributed by atoms with Crippen LogP contribution in [0.5, 0.6) is 0 Å². The minimum absolute atomic E-state index is 0.0329. The van der Waals surface area contributed by atoms with Crippen LogP contribution in [0.3, 0.4) is 0 Å². The summed E-state index contributed by atoms with van der Waals surface area (Å²) in [4.78, 5) is 43.4. The Morgan fingerprint density at radius 1 is 1.05 bits per heavy atom. The number of allylic oxidation sites excluding steroid dienone is 1. The van der Waals surface area contributed by atoms with Gasteiger partial charge in [0.05, 0.1) is 31.3 Å². The molecule has 8 rings (SSSR count). The highest BCUT2D eigenvalue weighted by atomic mass is 16.6. The van der Waals surface area contributed by atoms with Crippen molar-refractivity contribution < 1.29 is 33.7 Å². The Labute approximate surface area is 223 Å². The second-order valence-corrected chi connectivity index (χ2v) is 14.8. The lowest BCUT2D eigenvalue weighted by molar-refractivity contribution is -0.261. The fourth-order valence-corrected chi connectivity index (χ4v) is 11.1. The topological polar surface area (TPSA) is 102 Å². The molecule has 5 heterocycles. The zero-order chi connectivity index (χ0) is 26.6. The van der Waals surface area contributed by atoms with Crippen molar-refractivity contribution in [3.63, 3.8) is 0 Å². The molecule has 0 unspecified atom stereocenters. The molecule has 206 valence electrons. The van der Waals surface area contributed by atoms with Crippen LogP contribution in [0.1, 0.15) is 66.2 Å². The lowest BCUT2D eigenvalue weighted by atomic mass is 9.36. The average Bonchev–Trinajstić information content (AvgIpc) is 3.35. The van der Waals surface area contributed by atoms with E-state index in [-0.39, 0.29) is 48.5 Å². The standard InChI is InChI=1S/C30H39NO7/c1-15-5-17-12-31-20-9-28-13-37-26(3)7-18(28)23(19(32)8-26)16(2)24(35)25(28)29(11-22(34)36-14-29)27(20,4)10-21(33)30(31,6-15)38-17/h9,15-18,21,23,25,33H,5-8,10-14H2,1-4H3/t15-,16+,17+,18+,21-,23+,25-,26-,27+,28+,29+,30+/m0/s1. The summed E-state index contributed by atoms with van der Waals surface area (Å²) in [5.41, 5.74) is -2.41. The summed E-state index contributed by atoms with van der Waals surface area (Å²) in [6.45, 7) is 9.52. The fourth-order valence-electron chi connectivity index (χ4n) is 11.1. The summed E-state index contributed by atoms with van der Waals surface area (Å²) in [5, 5.41) is 11.8. The van der Waals surface area contributed by atoms with Gasteiger partial charge in [-0.05, 0) is 38.0 Å². The number of hydrogen-bond donors (Lipinski definition) is 1. The highest BCUT2D eigenvalue weighted by Gasteiger charge is 2.78. The first-order chi connectivity index (χ1) is 17.9. The first kappa shape index (κ1) is 24.1. The van der Waals surface area contributed by atoms with Crippen LogP contribution in [0.2, 0.25) is 0 Å². The van der Waals surface area contributed by atoms with E-state index < -0.39 is 45.5 Å². The number of esters is 1. The highest BCUT2D eigenvalue weighted by molar-refractivity contribution is 5.96. The third-order valence-electron chi connectivity index (χ3n) is 12.7. The van der Waals surface area contributed by atoms with Gasteiger partial charge in [0.1, 0.15) is 17.7 Å². The number of Topliss-reactive ketones (excluding diaryl/α,β-unsaturated/α-hetero) is 2. The molecule has 0 aromatic rings. The predicted molar refractivity (Wildman–Crippen MR) is 133 cm³/mol. The Kier molecular flexibility index (Phi) is 4.38. The Balaban J connectivity index is 1.40. The molecule has 8 heteroatoms. The van der Waals surface area contributed by atoms with Crippen LogP contribution in [0.15, 0.2) is 11.8 Å². The van der Waals surface area contributed by atoms with E-state index in [4.69, 9.17) is 14.2 Å². The smallest absolute Gasteiger partial charge is 0.306 e. The van der Waals surface area contributed by atoms with Crippen molar-refractivity contribution in [2.75, 3.05) is 19.8 Å². The maximum absolute atomic E-state index is 14.5.